The number of esters is 3. The molecule has 28 rings (SSSR count). The number of carboxylic acid groups (broad SMARTS) is 1. The van der Waals surface area contributed by atoms with E-state index in [9.17, 15) is 28.8 Å². The van der Waals surface area contributed by atoms with Gasteiger partial charge in [0, 0.05) is 24.0 Å². The molecule has 4 aromatic heterocycles. The molecule has 146 heavy (non-hydrogen) atoms. The van der Waals surface area contributed by atoms with Gasteiger partial charge in [-0.05, 0) is 358 Å². The molecule has 0 spiro atoms. The molecule has 8 fully saturated rings. The van der Waals surface area contributed by atoms with E-state index in [-0.39, 0.29) is 84.9 Å². The Bertz CT molecular complexity index is 6290. The van der Waals surface area contributed by atoms with Crippen LogP contribution >= 0.6 is 0 Å². The summed E-state index contributed by atoms with van der Waals surface area (Å²) in [6.07, 6.45) is 43.1. The number of ether oxygens (including phenoxy) is 3. The monoisotopic (exact) mass is 1970 g/mol. The second-order valence-electron chi connectivity index (χ2n) is 46.2. The number of hydrogen-bond donors (Lipinski definition) is 6. The Morgan fingerprint density at radius 3 is 0.986 bits per heavy atom. The van der Waals surface area contributed by atoms with E-state index in [1.807, 2.05) is 27.7 Å². The van der Waals surface area contributed by atoms with E-state index in [0.29, 0.717) is 29.8 Å². The number of methoxy groups -OCH3 is 3. The Labute approximate surface area is 862 Å². The molecule has 21 nitrogen and oxygen atoms in total. The van der Waals surface area contributed by atoms with Crippen molar-refractivity contribution >= 4 is 79.8 Å². The zero-order valence-corrected chi connectivity index (χ0v) is 87.8. The zero-order chi connectivity index (χ0) is 101. The quantitative estimate of drug-likeness (QED) is 0.0306. The molecule has 8 aromatic carbocycles. The van der Waals surface area contributed by atoms with Gasteiger partial charge in [-0.15, -0.1) is 0 Å². The number of carboxylic acids is 1. The van der Waals surface area contributed by atoms with Gasteiger partial charge in [-0.2, -0.15) is 0 Å². The topological polar surface area (TPSA) is 284 Å². The maximum absolute atomic E-state index is 14.6. The third-order valence-corrected chi connectivity index (χ3v) is 35.9. The molecule has 1 unspecified atom stereocenters. The van der Waals surface area contributed by atoms with Gasteiger partial charge in [0.2, 0.25) is 11.8 Å². The van der Waals surface area contributed by atoms with Crippen LogP contribution in [-0.4, -0.2) is 130 Å². The minimum absolute atomic E-state index is 0.00635. The number of hydrogen-bond acceptors (Lipinski definition) is 14. The van der Waals surface area contributed by atoms with Crippen molar-refractivity contribution in [2.75, 3.05) is 21.3 Å². The summed E-state index contributed by atoms with van der Waals surface area (Å²) in [5, 5.41) is 12.6. The number of benzene rings is 8. The first-order valence-corrected chi connectivity index (χ1v) is 56.3. The Balaban J connectivity index is 0.000000166. The summed E-state index contributed by atoms with van der Waals surface area (Å²) < 4.78 is 14.5. The highest BCUT2D eigenvalue weighted by Crippen LogP contribution is 2.53. The molecule has 5 saturated carbocycles. The van der Waals surface area contributed by atoms with Crippen LogP contribution in [0.15, 0.2) is 146 Å². The van der Waals surface area contributed by atoms with Crippen LogP contribution in [0.25, 0.3) is 88.6 Å². The predicted octanol–water partition coefficient (Wildman–Crippen LogP) is 27.0. The number of aromatic nitrogens is 8. The number of H-pyrrole nitrogens is 4. The molecule has 770 valence electrons. The first-order chi connectivity index (χ1) is 71.0. The van der Waals surface area contributed by atoms with Gasteiger partial charge in [-0.3, -0.25) is 28.8 Å². The van der Waals surface area contributed by atoms with Crippen molar-refractivity contribution in [3.05, 3.63) is 213 Å². The van der Waals surface area contributed by atoms with Crippen molar-refractivity contribution in [1.82, 2.24) is 55.0 Å². The summed E-state index contributed by atoms with van der Waals surface area (Å²) in [4.78, 5) is 116. The van der Waals surface area contributed by atoms with E-state index in [1.54, 1.807) is 13.8 Å². The van der Waals surface area contributed by atoms with Crippen LogP contribution in [0.5, 0.6) is 0 Å². The highest BCUT2D eigenvalue weighted by atomic mass is 16.5. The van der Waals surface area contributed by atoms with E-state index in [0.717, 1.165) is 197 Å². The van der Waals surface area contributed by atoms with Gasteiger partial charge < -0.3 is 54.4 Å². The Hall–Kier alpha value is -11.6. The molecule has 6 N–H and O–H groups in total. The van der Waals surface area contributed by atoms with Crippen molar-refractivity contribution < 1.29 is 48.1 Å². The maximum Gasteiger partial charge on any atom is 0.307 e. The predicted molar refractivity (Wildman–Crippen MR) is 579 cm³/mol. The number of fused-ring (bicyclic) bond motifs is 8. The summed E-state index contributed by atoms with van der Waals surface area (Å²) in [5.74, 6) is 4.64. The Morgan fingerprint density at radius 1 is 0.329 bits per heavy atom. The van der Waals surface area contributed by atoms with E-state index in [1.165, 1.54) is 236 Å². The Morgan fingerprint density at radius 2 is 0.637 bits per heavy atom. The number of nitrogens with one attached hydrogen (secondary N) is 5. The van der Waals surface area contributed by atoms with E-state index in [4.69, 9.17) is 34.5 Å². The number of aliphatic carboxylic acids is 1. The van der Waals surface area contributed by atoms with E-state index >= 15 is 0 Å². The number of imidazole rings is 4. The van der Waals surface area contributed by atoms with Crippen LogP contribution in [0, 0.1) is 65.1 Å². The number of carbonyl (C=O) groups excluding carboxylic acids is 5. The van der Waals surface area contributed by atoms with Gasteiger partial charge in [0.15, 0.2) is 0 Å². The van der Waals surface area contributed by atoms with Crippen molar-refractivity contribution in [3.8, 4) is 44.5 Å². The molecule has 3 aliphatic heterocycles. The highest BCUT2D eigenvalue weighted by Gasteiger charge is 2.51. The minimum atomic E-state index is -0.949. The highest BCUT2D eigenvalue weighted by molar-refractivity contribution is 5.90. The average Bonchev–Trinajstić information content (AvgIpc) is 1.60. The molecule has 12 aromatic rings. The number of amides is 2. The number of nitrogens with zero attached hydrogens (tertiary/aromatic N) is 6. The summed E-state index contributed by atoms with van der Waals surface area (Å²) in [6, 6.07) is 57.3. The van der Waals surface area contributed by atoms with E-state index < -0.39 is 29.7 Å². The number of aromatic amines is 4. The average molecular weight is 1970 g/mol. The van der Waals surface area contributed by atoms with Crippen LogP contribution in [-0.2, 0) is 94.3 Å². The van der Waals surface area contributed by atoms with Crippen LogP contribution < -0.4 is 5.32 Å². The molecule has 13 aliphatic carbocycles. The van der Waals surface area contributed by atoms with Crippen LogP contribution in [0.2, 0.25) is 0 Å². The lowest BCUT2D eigenvalue weighted by atomic mass is 9.82. The van der Waals surface area contributed by atoms with Crippen molar-refractivity contribution in [2.45, 2.75) is 341 Å². The number of aryl methyl sites for hydroxylation is 8. The summed E-state index contributed by atoms with van der Waals surface area (Å²) in [7, 11) is 4.05. The largest absolute Gasteiger partial charge is 0.481 e. The molecule has 0 radical (unpaired) electrons. The van der Waals surface area contributed by atoms with Crippen LogP contribution in [0.1, 0.15) is 339 Å². The third kappa shape index (κ3) is 22.6. The van der Waals surface area contributed by atoms with Crippen LogP contribution in [0.3, 0.4) is 0 Å². The summed E-state index contributed by atoms with van der Waals surface area (Å²) >= 11 is 0. The normalized spacial score (nSPS) is 23.9. The third-order valence-electron chi connectivity index (χ3n) is 35.9. The fourth-order valence-electron chi connectivity index (χ4n) is 27.6. The fourth-order valence-corrected chi connectivity index (χ4v) is 27.6. The van der Waals surface area contributed by atoms with Gasteiger partial charge in [-0.1, -0.05) is 203 Å². The minimum Gasteiger partial charge on any atom is -0.481 e. The van der Waals surface area contributed by atoms with Crippen molar-refractivity contribution in [3.63, 3.8) is 0 Å². The van der Waals surface area contributed by atoms with Gasteiger partial charge in [-0.25, -0.2) is 19.9 Å². The maximum atomic E-state index is 14.6. The van der Waals surface area contributed by atoms with Crippen LogP contribution in [0.4, 0.5) is 0 Å². The molecule has 3 saturated heterocycles. The molecule has 15 atom stereocenters. The first kappa shape index (κ1) is 102. The molecule has 21 heteroatoms. The lowest BCUT2D eigenvalue weighted by molar-refractivity contribution is -0.151. The lowest BCUT2D eigenvalue weighted by Gasteiger charge is -2.36. The van der Waals surface area contributed by atoms with Gasteiger partial charge in [0.05, 0.1) is 121 Å². The molecule has 16 aliphatic rings. The van der Waals surface area contributed by atoms with Crippen molar-refractivity contribution in [2.24, 2.45) is 65.1 Å². The van der Waals surface area contributed by atoms with Gasteiger partial charge in [0.25, 0.3) is 0 Å². The van der Waals surface area contributed by atoms with E-state index in [2.05, 4.69) is 185 Å². The number of likely N-dealkylation sites (tertiary alicyclic amines) is 2. The second kappa shape index (κ2) is 45.6. The van der Waals surface area contributed by atoms with Gasteiger partial charge in [0.1, 0.15) is 23.3 Å². The summed E-state index contributed by atoms with van der Waals surface area (Å²) in [6.45, 7) is 11.7. The molecule has 2 amide bonds. The Kier molecular flexibility index (Phi) is 31.8. The molecular formula is C125H155N11O10. The molecular weight excluding hydrogens is 1820 g/mol. The molecule has 8 bridgehead atoms. The lowest BCUT2D eigenvalue weighted by Crippen LogP contribution is -2.45. The zero-order valence-electron chi connectivity index (χ0n) is 87.8. The smallest absolute Gasteiger partial charge is 0.307 e. The van der Waals surface area contributed by atoms with Gasteiger partial charge >= 0.3 is 23.9 Å². The fraction of sp³-hybridized carbons (Fsp3) is 0.536. The number of carbonyl (C=O) groups is 6. The summed E-state index contributed by atoms with van der Waals surface area (Å²) in [5.41, 5.74) is 30.1. The second-order valence-corrected chi connectivity index (χ2v) is 46.2. The van der Waals surface area contributed by atoms with Crippen molar-refractivity contribution in [1.29, 1.82) is 0 Å². The number of rotatable bonds is 20. The first-order valence-electron chi connectivity index (χ1n) is 56.3. The standard InChI is InChI=1S/C66H82N6O6.C51H59N5.C8H14O4/c1-39(2)49(37-61(73)77-5)65(75)71-57-21-13-11-19-47(57)35-59(71)63-67-53-29-27-45(33-55(53)69-63)51-31-41-15-8-10-18-44-26-24-42(16-7-9-17-43(51)25-23-41)32-52(44)46-28-30-54-56(34-46)70-64(68-54)60-36-48-20-12-14-22-58(48)72(60)66(76)50(40(3)4)38-62(74)78-6;1-3-11-34-19-17-32(25-42(34)38-21-23-45-47(29-38)55-50(53-45)41-27-36-13-5-6-14-37(36)28-41)9-2-4-12-35-20-18-33(10-1)26-43(35)39-22-24-46-48(30-39)56-51(54-46)49-31-40-15-7-8-16-44(40)52-49;1-5(2)6(8(10)11)4-7(9)12-3/h23-34,39-40,47-50,57-60H,7-22,35-38H2,1-6H3,(H,67,69)(H,68,70);17-26,29-30,36-37,40-41,44,49,52H,1-16,27-28,31H2,(H,53,55)(H,54,56);5-6H,4H2,1-3H3,(H,10,11)/t47-,48-,49-,50-,57-,58-,59-,60-;36-,37+,40-,41?,44-,49-;6-/m000/s1. The molecule has 7 heterocycles. The SMILES string of the molecule is COC(=O)C[C@H](C(=O)N1[C@H](c2nc3ccc(-c4cc5ccc4CCCCc4ccc(c(-c6ccc7nc([C@@H]8C[C@@H]9CCCC[C@@H]9N8C(=O)[C@@H](CC(=O)OC)C(C)C)[nH]c7c6)c4)CCCC5)cc3[nH]2)C[C@@H]2CCCC[C@@H]21)C(C)C.COC(=O)C[C@H](C(=O)O)C(C)C.c1cc2c(-c3ccc4nc(C5C[C@H]6CCCC[C@H]6C5)[nH]c4c3)cc1CCCCc1ccc(cc1-c1ccc3nc([C@@H]4C[C@@H]5CCCC[C@@H]5N4)[nH]c3c1)CCCC2.